The molecule has 0 heterocycles. The fraction of sp³-hybridized carbons (Fsp3) is 0.200. The van der Waals surface area contributed by atoms with Crippen molar-refractivity contribution in [3.8, 4) is 5.75 Å². The van der Waals surface area contributed by atoms with E-state index in [0.29, 0.717) is 13.2 Å². The fourth-order valence-corrected chi connectivity index (χ4v) is 1.92. The van der Waals surface area contributed by atoms with Crippen molar-refractivity contribution in [1.29, 1.82) is 0 Å². The van der Waals surface area contributed by atoms with Gasteiger partial charge in [0.15, 0.2) is 0 Å². The molecule has 100 valence electrons. The fourth-order valence-electron chi connectivity index (χ4n) is 1.72. The van der Waals surface area contributed by atoms with Crippen LogP contribution in [0.25, 0.3) is 0 Å². The van der Waals surface area contributed by atoms with Crippen LogP contribution in [0.15, 0.2) is 42.5 Å². The van der Waals surface area contributed by atoms with E-state index in [1.165, 1.54) is 6.07 Å². The Morgan fingerprint density at radius 2 is 2.05 bits per heavy atom. The van der Waals surface area contributed by atoms with Gasteiger partial charge in [0.25, 0.3) is 0 Å². The van der Waals surface area contributed by atoms with Gasteiger partial charge in [-0.15, -0.1) is 0 Å². The van der Waals surface area contributed by atoms with E-state index in [2.05, 4.69) is 5.32 Å². The number of hydrogen-bond acceptors (Lipinski definition) is 2. The summed E-state index contributed by atoms with van der Waals surface area (Å²) in [5.41, 5.74) is 1.87. The van der Waals surface area contributed by atoms with Crippen LogP contribution in [0.3, 0.4) is 0 Å². The molecule has 2 aromatic carbocycles. The molecule has 0 aliphatic heterocycles. The van der Waals surface area contributed by atoms with Gasteiger partial charge in [-0.05, 0) is 36.8 Å². The van der Waals surface area contributed by atoms with Crippen LogP contribution in [0, 0.1) is 5.82 Å². The summed E-state index contributed by atoms with van der Waals surface area (Å²) < 4.78 is 18.5. The summed E-state index contributed by atoms with van der Waals surface area (Å²) in [6.45, 7) is 3.16. The van der Waals surface area contributed by atoms with E-state index in [1.54, 1.807) is 12.1 Å². The Kier molecular flexibility index (Phi) is 4.63. The lowest BCUT2D eigenvalue weighted by molar-refractivity contribution is 0.340. The van der Waals surface area contributed by atoms with Crippen molar-refractivity contribution in [2.24, 2.45) is 0 Å². The highest BCUT2D eigenvalue weighted by Crippen LogP contribution is 2.20. The summed E-state index contributed by atoms with van der Waals surface area (Å²) in [7, 11) is 0. The van der Waals surface area contributed by atoms with Gasteiger partial charge >= 0.3 is 0 Å². The smallest absolute Gasteiger partial charge is 0.141 e. The predicted molar refractivity (Wildman–Crippen MR) is 76.3 cm³/mol. The molecule has 0 bridgehead atoms. The summed E-state index contributed by atoms with van der Waals surface area (Å²) in [6, 6.07) is 12.4. The quantitative estimate of drug-likeness (QED) is 0.871. The van der Waals surface area contributed by atoms with Gasteiger partial charge in [-0.25, -0.2) is 4.39 Å². The molecule has 2 nitrogen and oxygen atoms in total. The Hall–Kier alpha value is -1.74. The molecule has 0 fully saturated rings. The normalized spacial score (nSPS) is 10.3. The molecule has 0 aliphatic rings. The van der Waals surface area contributed by atoms with Crippen LogP contribution in [0.2, 0.25) is 5.02 Å². The first-order chi connectivity index (χ1) is 9.19. The topological polar surface area (TPSA) is 21.3 Å². The zero-order valence-electron chi connectivity index (χ0n) is 10.6. The zero-order chi connectivity index (χ0) is 13.7. The second kappa shape index (κ2) is 6.43. The molecule has 2 aromatic rings. The van der Waals surface area contributed by atoms with Crippen LogP contribution >= 0.6 is 11.6 Å². The number of anilines is 1. The predicted octanol–water partition coefficient (Wildman–Crippen LogP) is 4.49. The lowest BCUT2D eigenvalue weighted by atomic mass is 10.2. The van der Waals surface area contributed by atoms with Gasteiger partial charge in [0, 0.05) is 18.3 Å². The lowest BCUT2D eigenvalue weighted by Crippen LogP contribution is -2.00. The highest BCUT2D eigenvalue weighted by molar-refractivity contribution is 6.30. The average molecular weight is 280 g/mol. The van der Waals surface area contributed by atoms with Gasteiger partial charge in [-0.1, -0.05) is 23.7 Å². The molecule has 0 spiro atoms. The SMILES string of the molecule is CCOc1cccc(NCc2ccc(F)c(Cl)c2)c1. The maximum Gasteiger partial charge on any atom is 0.141 e. The van der Waals surface area contributed by atoms with Gasteiger partial charge in [0.1, 0.15) is 11.6 Å². The van der Waals surface area contributed by atoms with Crippen molar-refractivity contribution < 1.29 is 9.13 Å². The minimum Gasteiger partial charge on any atom is -0.494 e. The van der Waals surface area contributed by atoms with E-state index >= 15 is 0 Å². The molecule has 0 saturated heterocycles. The van der Waals surface area contributed by atoms with Gasteiger partial charge in [0.2, 0.25) is 0 Å². The molecule has 0 unspecified atom stereocenters. The molecule has 0 aromatic heterocycles. The lowest BCUT2D eigenvalue weighted by Gasteiger charge is -2.09. The number of hydrogen-bond donors (Lipinski definition) is 1. The van der Waals surface area contributed by atoms with Crippen molar-refractivity contribution in [1.82, 2.24) is 0 Å². The summed E-state index contributed by atoms with van der Waals surface area (Å²) in [6.07, 6.45) is 0. The van der Waals surface area contributed by atoms with Crippen LogP contribution in [-0.2, 0) is 6.54 Å². The van der Waals surface area contributed by atoms with Gasteiger partial charge in [0.05, 0.1) is 11.6 Å². The Morgan fingerprint density at radius 1 is 1.21 bits per heavy atom. The second-order valence-corrected chi connectivity index (χ2v) is 4.47. The van der Waals surface area contributed by atoms with Crippen molar-refractivity contribution in [2.75, 3.05) is 11.9 Å². The molecular formula is C15H15ClFNO. The minimum absolute atomic E-state index is 0.141. The first-order valence-corrected chi connectivity index (χ1v) is 6.47. The third-order valence-corrected chi connectivity index (χ3v) is 2.92. The van der Waals surface area contributed by atoms with Gasteiger partial charge < -0.3 is 10.1 Å². The number of nitrogens with one attached hydrogen (secondary N) is 1. The van der Waals surface area contributed by atoms with Crippen molar-refractivity contribution in [2.45, 2.75) is 13.5 Å². The van der Waals surface area contributed by atoms with Crippen LogP contribution in [0.4, 0.5) is 10.1 Å². The maximum absolute atomic E-state index is 13.0. The van der Waals surface area contributed by atoms with Crippen LogP contribution < -0.4 is 10.1 Å². The standard InChI is InChI=1S/C15H15ClFNO/c1-2-19-13-5-3-4-12(9-13)18-10-11-6-7-15(17)14(16)8-11/h3-9,18H,2,10H2,1H3. The highest BCUT2D eigenvalue weighted by atomic mass is 35.5. The molecule has 4 heteroatoms. The van der Waals surface area contributed by atoms with Crippen LogP contribution in [0.1, 0.15) is 12.5 Å². The van der Waals surface area contributed by atoms with E-state index in [1.807, 2.05) is 31.2 Å². The summed E-state index contributed by atoms with van der Waals surface area (Å²) in [5, 5.41) is 3.39. The Labute approximate surface area is 117 Å². The molecule has 19 heavy (non-hydrogen) atoms. The van der Waals surface area contributed by atoms with E-state index < -0.39 is 5.82 Å². The molecule has 0 amide bonds. The molecular weight excluding hydrogens is 265 g/mol. The number of rotatable bonds is 5. The van der Waals surface area contributed by atoms with E-state index in [0.717, 1.165) is 17.0 Å². The van der Waals surface area contributed by atoms with Gasteiger partial charge in [-0.3, -0.25) is 0 Å². The molecule has 0 atom stereocenters. The van der Waals surface area contributed by atoms with E-state index in [4.69, 9.17) is 16.3 Å². The van der Waals surface area contributed by atoms with Crippen molar-refractivity contribution in [3.05, 3.63) is 58.9 Å². The number of ether oxygens (including phenoxy) is 1. The van der Waals surface area contributed by atoms with Crippen LogP contribution in [-0.4, -0.2) is 6.61 Å². The number of halogens is 2. The first-order valence-electron chi connectivity index (χ1n) is 6.09. The average Bonchev–Trinajstić information content (AvgIpc) is 2.41. The van der Waals surface area contributed by atoms with Crippen molar-refractivity contribution in [3.63, 3.8) is 0 Å². The van der Waals surface area contributed by atoms with Crippen molar-refractivity contribution >= 4 is 17.3 Å². The number of benzene rings is 2. The second-order valence-electron chi connectivity index (χ2n) is 4.06. The minimum atomic E-state index is -0.399. The summed E-state index contributed by atoms with van der Waals surface area (Å²) >= 11 is 5.74. The Balaban J connectivity index is 2.01. The van der Waals surface area contributed by atoms with Gasteiger partial charge in [-0.2, -0.15) is 0 Å². The van der Waals surface area contributed by atoms with E-state index in [-0.39, 0.29) is 5.02 Å². The molecule has 0 radical (unpaired) electrons. The first kappa shape index (κ1) is 13.7. The third kappa shape index (κ3) is 3.86. The Bertz CT molecular complexity index is 560. The largest absolute Gasteiger partial charge is 0.494 e. The van der Waals surface area contributed by atoms with Crippen LogP contribution in [0.5, 0.6) is 5.75 Å². The molecule has 2 rings (SSSR count). The molecule has 1 N–H and O–H groups in total. The Morgan fingerprint density at radius 3 is 2.79 bits per heavy atom. The van der Waals surface area contributed by atoms with E-state index in [9.17, 15) is 4.39 Å². The molecule has 0 saturated carbocycles. The molecule has 0 aliphatic carbocycles. The summed E-state index contributed by atoms with van der Waals surface area (Å²) in [5.74, 6) is 0.424. The zero-order valence-corrected chi connectivity index (χ0v) is 11.4. The summed E-state index contributed by atoms with van der Waals surface area (Å²) in [4.78, 5) is 0. The highest BCUT2D eigenvalue weighted by Gasteiger charge is 2.01. The third-order valence-electron chi connectivity index (χ3n) is 2.63. The maximum atomic E-state index is 13.0. The monoisotopic (exact) mass is 279 g/mol.